The van der Waals surface area contributed by atoms with Crippen LogP contribution in [0.25, 0.3) is 0 Å². The van der Waals surface area contributed by atoms with E-state index in [0.717, 1.165) is 25.1 Å². The Bertz CT molecular complexity index is 154. The van der Waals surface area contributed by atoms with Crippen LogP contribution in [0.4, 0.5) is 0 Å². The maximum atomic E-state index is 5.67. The molecule has 13 heavy (non-hydrogen) atoms. The molecule has 0 amide bonds. The second kappa shape index (κ2) is 4.43. The van der Waals surface area contributed by atoms with Crippen LogP contribution in [0.15, 0.2) is 0 Å². The van der Waals surface area contributed by atoms with Crippen molar-refractivity contribution in [2.24, 2.45) is 5.92 Å². The third kappa shape index (κ3) is 2.44. The van der Waals surface area contributed by atoms with Gasteiger partial charge in [0.15, 0.2) is 0 Å². The fourth-order valence-corrected chi connectivity index (χ4v) is 2.22. The summed E-state index contributed by atoms with van der Waals surface area (Å²) in [5.41, 5.74) is 0. The highest BCUT2D eigenvalue weighted by Crippen LogP contribution is 2.26. The van der Waals surface area contributed by atoms with Gasteiger partial charge in [0.05, 0.1) is 6.10 Å². The van der Waals surface area contributed by atoms with Crippen LogP contribution in [-0.2, 0) is 4.74 Å². The maximum absolute atomic E-state index is 5.67. The Morgan fingerprint density at radius 2 is 2.15 bits per heavy atom. The average Bonchev–Trinajstić information content (AvgIpc) is 2.17. The molecule has 2 rings (SSSR count). The number of nitrogens with one attached hydrogen (secondary N) is 1. The van der Waals surface area contributed by atoms with E-state index in [1.807, 2.05) is 0 Å². The summed E-state index contributed by atoms with van der Waals surface area (Å²) in [6.07, 6.45) is 7.15. The lowest BCUT2D eigenvalue weighted by molar-refractivity contribution is 0.0116. The van der Waals surface area contributed by atoms with Gasteiger partial charge in [-0.2, -0.15) is 0 Å². The summed E-state index contributed by atoms with van der Waals surface area (Å²) in [7, 11) is 0. The monoisotopic (exact) mass is 183 g/mol. The zero-order chi connectivity index (χ0) is 9.10. The molecule has 0 bridgehead atoms. The van der Waals surface area contributed by atoms with Crippen molar-refractivity contribution >= 4 is 0 Å². The van der Waals surface area contributed by atoms with E-state index in [-0.39, 0.29) is 0 Å². The summed E-state index contributed by atoms with van der Waals surface area (Å²) in [6, 6.07) is 0.783. The van der Waals surface area contributed by atoms with E-state index >= 15 is 0 Å². The Kier molecular flexibility index (Phi) is 3.23. The second-order valence-electron chi connectivity index (χ2n) is 4.56. The Morgan fingerprint density at radius 3 is 2.69 bits per heavy atom. The highest BCUT2D eigenvalue weighted by atomic mass is 16.5. The Morgan fingerprint density at radius 1 is 1.23 bits per heavy atom. The summed E-state index contributed by atoms with van der Waals surface area (Å²) in [6.45, 7) is 4.39. The van der Waals surface area contributed by atoms with Crippen LogP contribution < -0.4 is 5.32 Å². The fourth-order valence-electron chi connectivity index (χ4n) is 2.22. The van der Waals surface area contributed by atoms with Crippen LogP contribution in [0.1, 0.15) is 39.0 Å². The van der Waals surface area contributed by atoms with E-state index in [1.165, 1.54) is 32.1 Å². The van der Waals surface area contributed by atoms with Crippen molar-refractivity contribution in [3.05, 3.63) is 0 Å². The predicted octanol–water partition coefficient (Wildman–Crippen LogP) is 1.94. The molecule has 3 atom stereocenters. The van der Waals surface area contributed by atoms with Gasteiger partial charge in [0.2, 0.25) is 0 Å². The van der Waals surface area contributed by atoms with E-state index < -0.39 is 0 Å². The SMILES string of the molecule is CC1CCC1NCC1CCCCO1. The first-order chi connectivity index (χ1) is 6.36. The van der Waals surface area contributed by atoms with E-state index in [1.54, 1.807) is 0 Å². The van der Waals surface area contributed by atoms with Gasteiger partial charge in [0.1, 0.15) is 0 Å². The van der Waals surface area contributed by atoms with E-state index in [4.69, 9.17) is 4.74 Å². The molecule has 2 nitrogen and oxygen atoms in total. The lowest BCUT2D eigenvalue weighted by atomic mass is 9.81. The third-order valence-corrected chi connectivity index (χ3v) is 3.50. The van der Waals surface area contributed by atoms with Crippen molar-refractivity contribution < 1.29 is 4.74 Å². The quantitative estimate of drug-likeness (QED) is 0.722. The Labute approximate surface area is 81.0 Å². The standard InChI is InChI=1S/C11H21NO/c1-9-5-6-11(9)12-8-10-4-2-3-7-13-10/h9-12H,2-8H2,1H3. The number of rotatable bonds is 3. The fraction of sp³-hybridized carbons (Fsp3) is 1.00. The summed E-state index contributed by atoms with van der Waals surface area (Å²) < 4.78 is 5.67. The first-order valence-corrected chi connectivity index (χ1v) is 5.71. The summed E-state index contributed by atoms with van der Waals surface area (Å²) in [5, 5.41) is 3.61. The highest BCUT2D eigenvalue weighted by molar-refractivity contribution is 4.84. The van der Waals surface area contributed by atoms with Gasteiger partial charge in [-0.15, -0.1) is 0 Å². The molecule has 2 heteroatoms. The van der Waals surface area contributed by atoms with E-state index in [2.05, 4.69) is 12.2 Å². The van der Waals surface area contributed by atoms with Crippen molar-refractivity contribution in [3.63, 3.8) is 0 Å². The predicted molar refractivity (Wildman–Crippen MR) is 53.8 cm³/mol. The molecule has 2 aliphatic rings. The molecular weight excluding hydrogens is 162 g/mol. The van der Waals surface area contributed by atoms with Gasteiger partial charge < -0.3 is 10.1 Å². The highest BCUT2D eigenvalue weighted by Gasteiger charge is 2.27. The van der Waals surface area contributed by atoms with Gasteiger partial charge in [-0.25, -0.2) is 0 Å². The van der Waals surface area contributed by atoms with Crippen LogP contribution in [0.3, 0.4) is 0 Å². The van der Waals surface area contributed by atoms with Gasteiger partial charge in [-0.1, -0.05) is 6.92 Å². The summed E-state index contributed by atoms with van der Waals surface area (Å²) >= 11 is 0. The molecule has 3 unspecified atom stereocenters. The topological polar surface area (TPSA) is 21.3 Å². The summed E-state index contributed by atoms with van der Waals surface area (Å²) in [5.74, 6) is 0.892. The zero-order valence-electron chi connectivity index (χ0n) is 8.59. The first-order valence-electron chi connectivity index (χ1n) is 5.71. The number of ether oxygens (including phenoxy) is 1. The van der Waals surface area contributed by atoms with Crippen molar-refractivity contribution in [2.75, 3.05) is 13.2 Å². The van der Waals surface area contributed by atoms with Gasteiger partial charge in [0.25, 0.3) is 0 Å². The largest absolute Gasteiger partial charge is 0.377 e. The minimum atomic E-state index is 0.501. The molecule has 0 aromatic heterocycles. The van der Waals surface area contributed by atoms with Crippen molar-refractivity contribution in [2.45, 2.75) is 51.2 Å². The molecular formula is C11H21NO. The molecule has 2 fully saturated rings. The molecule has 1 aliphatic carbocycles. The number of hydrogen-bond donors (Lipinski definition) is 1. The lowest BCUT2D eigenvalue weighted by Gasteiger charge is -2.36. The van der Waals surface area contributed by atoms with E-state index in [9.17, 15) is 0 Å². The molecule has 0 aromatic carbocycles. The van der Waals surface area contributed by atoms with Crippen molar-refractivity contribution in [3.8, 4) is 0 Å². The maximum Gasteiger partial charge on any atom is 0.0699 e. The van der Waals surface area contributed by atoms with Crippen LogP contribution in [0.5, 0.6) is 0 Å². The molecule has 76 valence electrons. The molecule has 1 heterocycles. The minimum Gasteiger partial charge on any atom is -0.377 e. The van der Waals surface area contributed by atoms with Crippen molar-refractivity contribution in [1.82, 2.24) is 5.32 Å². The molecule has 0 radical (unpaired) electrons. The zero-order valence-corrected chi connectivity index (χ0v) is 8.59. The molecule has 1 aliphatic heterocycles. The normalized spacial score (nSPS) is 39.9. The molecule has 1 saturated carbocycles. The van der Waals surface area contributed by atoms with Gasteiger partial charge in [-0.3, -0.25) is 0 Å². The van der Waals surface area contributed by atoms with E-state index in [0.29, 0.717) is 6.10 Å². The average molecular weight is 183 g/mol. The van der Waals surface area contributed by atoms with Gasteiger partial charge in [-0.05, 0) is 38.0 Å². The molecule has 0 aromatic rings. The van der Waals surface area contributed by atoms with Gasteiger partial charge in [0, 0.05) is 19.2 Å². The second-order valence-corrected chi connectivity index (χ2v) is 4.56. The van der Waals surface area contributed by atoms with Gasteiger partial charge >= 0.3 is 0 Å². The molecule has 0 spiro atoms. The molecule has 1 N–H and O–H groups in total. The third-order valence-electron chi connectivity index (χ3n) is 3.50. The summed E-state index contributed by atoms with van der Waals surface area (Å²) in [4.78, 5) is 0. The van der Waals surface area contributed by atoms with Crippen molar-refractivity contribution in [1.29, 1.82) is 0 Å². The number of hydrogen-bond acceptors (Lipinski definition) is 2. The lowest BCUT2D eigenvalue weighted by Crippen LogP contribution is -2.46. The Hall–Kier alpha value is -0.0800. The van der Waals surface area contributed by atoms with Crippen LogP contribution >= 0.6 is 0 Å². The molecule has 1 saturated heterocycles. The van der Waals surface area contributed by atoms with Crippen LogP contribution in [0, 0.1) is 5.92 Å². The Balaban J connectivity index is 1.61. The van der Waals surface area contributed by atoms with Crippen LogP contribution in [0.2, 0.25) is 0 Å². The first kappa shape index (κ1) is 9.47. The minimum absolute atomic E-state index is 0.501. The smallest absolute Gasteiger partial charge is 0.0699 e. The van der Waals surface area contributed by atoms with Crippen LogP contribution in [-0.4, -0.2) is 25.3 Å².